The zero-order valence-corrected chi connectivity index (χ0v) is 15.7. The van der Waals surface area contributed by atoms with E-state index in [0.717, 1.165) is 26.5 Å². The third kappa shape index (κ3) is 4.15. The molecule has 0 unspecified atom stereocenters. The molecule has 1 aliphatic heterocycles. The summed E-state index contributed by atoms with van der Waals surface area (Å²) in [6.07, 6.45) is 5.41. The van der Waals surface area contributed by atoms with Gasteiger partial charge in [-0.25, -0.2) is 0 Å². The van der Waals surface area contributed by atoms with Gasteiger partial charge in [0.25, 0.3) is 11.1 Å². The first-order chi connectivity index (χ1) is 11.6. The second-order valence-electron chi connectivity index (χ2n) is 5.19. The largest absolute Gasteiger partial charge is 0.293 e. The summed E-state index contributed by atoms with van der Waals surface area (Å²) < 4.78 is 1.12. The number of halogens is 1. The fourth-order valence-electron chi connectivity index (χ4n) is 2.23. The Kier molecular flexibility index (Phi) is 5.52. The maximum Gasteiger partial charge on any atom is 0.293 e. The smallest absolute Gasteiger partial charge is 0.268 e. The number of thioether (sulfide) groups is 1. The molecule has 1 fully saturated rings. The van der Waals surface area contributed by atoms with E-state index < -0.39 is 0 Å². The van der Waals surface area contributed by atoms with Crippen LogP contribution < -0.4 is 0 Å². The zero-order chi connectivity index (χ0) is 16.9. The molecule has 0 atom stereocenters. The predicted molar refractivity (Wildman–Crippen MR) is 106 cm³/mol. The predicted octanol–water partition coefficient (Wildman–Crippen LogP) is 5.08. The van der Waals surface area contributed by atoms with Crippen LogP contribution in [0.25, 0.3) is 6.08 Å². The van der Waals surface area contributed by atoms with Gasteiger partial charge >= 0.3 is 0 Å². The number of rotatable bonds is 4. The normalized spacial score (nSPS) is 16.5. The van der Waals surface area contributed by atoms with E-state index in [0.29, 0.717) is 11.4 Å². The number of amides is 2. The Labute approximate surface area is 158 Å². The van der Waals surface area contributed by atoms with Crippen LogP contribution in [0.2, 0.25) is 0 Å². The van der Waals surface area contributed by atoms with Crippen molar-refractivity contribution >= 4 is 51.6 Å². The molecule has 5 heteroatoms. The standard InChI is InChI=1S/C19H14INO2S/c20-16-11-9-15(10-12-16)13-21-18(22)17(24-19(21)23)8-4-7-14-5-2-1-3-6-14/h1-12H,13H2/b7-4+,17-8-. The Balaban J connectivity index is 1.70. The fourth-order valence-corrected chi connectivity index (χ4v) is 3.38. The molecular weight excluding hydrogens is 433 g/mol. The second kappa shape index (κ2) is 7.81. The third-order valence-corrected chi connectivity index (χ3v) is 5.11. The van der Waals surface area contributed by atoms with Crippen LogP contribution in [0.1, 0.15) is 11.1 Å². The summed E-state index contributed by atoms with van der Waals surface area (Å²) in [5, 5.41) is -0.224. The van der Waals surface area contributed by atoms with Gasteiger partial charge in [-0.3, -0.25) is 14.5 Å². The number of carbonyl (C=O) groups excluding carboxylic acids is 2. The van der Waals surface area contributed by atoms with Gasteiger partial charge in [0.15, 0.2) is 0 Å². The van der Waals surface area contributed by atoms with E-state index in [1.165, 1.54) is 4.90 Å². The van der Waals surface area contributed by atoms with Gasteiger partial charge in [-0.05, 0) is 63.7 Å². The molecule has 3 rings (SSSR count). The highest BCUT2D eigenvalue weighted by Gasteiger charge is 2.34. The lowest BCUT2D eigenvalue weighted by atomic mass is 10.2. The summed E-state index contributed by atoms with van der Waals surface area (Å²) in [4.78, 5) is 26.3. The van der Waals surface area contributed by atoms with Crippen molar-refractivity contribution in [2.24, 2.45) is 0 Å². The number of nitrogens with zero attached hydrogens (tertiary/aromatic N) is 1. The van der Waals surface area contributed by atoms with Crippen LogP contribution in [0, 0.1) is 3.57 Å². The third-order valence-electron chi connectivity index (χ3n) is 3.46. The molecule has 0 aliphatic carbocycles. The molecule has 2 amide bonds. The highest BCUT2D eigenvalue weighted by molar-refractivity contribution is 14.1. The van der Waals surface area contributed by atoms with E-state index in [1.807, 2.05) is 60.7 Å². The van der Waals surface area contributed by atoms with Gasteiger partial charge in [0.05, 0.1) is 11.4 Å². The van der Waals surface area contributed by atoms with Crippen molar-refractivity contribution in [2.75, 3.05) is 0 Å². The maximum absolute atomic E-state index is 12.4. The van der Waals surface area contributed by atoms with Crippen LogP contribution in [0.5, 0.6) is 0 Å². The Morgan fingerprint density at radius 3 is 2.42 bits per heavy atom. The van der Waals surface area contributed by atoms with Crippen LogP contribution in [-0.2, 0) is 11.3 Å². The van der Waals surface area contributed by atoms with Gasteiger partial charge in [-0.2, -0.15) is 0 Å². The van der Waals surface area contributed by atoms with Crippen LogP contribution in [0.4, 0.5) is 4.79 Å². The molecule has 3 nitrogen and oxygen atoms in total. The number of hydrogen-bond donors (Lipinski definition) is 0. The highest BCUT2D eigenvalue weighted by atomic mass is 127. The van der Waals surface area contributed by atoms with Crippen molar-refractivity contribution in [3.63, 3.8) is 0 Å². The molecule has 0 saturated carbocycles. The molecule has 0 aromatic heterocycles. The van der Waals surface area contributed by atoms with Gasteiger partial charge in [-0.15, -0.1) is 0 Å². The van der Waals surface area contributed by atoms with Crippen molar-refractivity contribution in [3.8, 4) is 0 Å². The van der Waals surface area contributed by atoms with Crippen molar-refractivity contribution in [1.82, 2.24) is 4.90 Å². The first-order valence-corrected chi connectivity index (χ1v) is 9.24. The summed E-state index contributed by atoms with van der Waals surface area (Å²) in [6.45, 7) is 0.307. The van der Waals surface area contributed by atoms with Crippen molar-refractivity contribution in [1.29, 1.82) is 0 Å². The highest BCUT2D eigenvalue weighted by Crippen LogP contribution is 2.31. The Bertz CT molecular complexity index is 813. The first-order valence-electron chi connectivity index (χ1n) is 7.35. The minimum atomic E-state index is -0.235. The van der Waals surface area contributed by atoms with Crippen LogP contribution in [0.15, 0.2) is 71.7 Å². The first kappa shape index (κ1) is 17.0. The molecule has 0 N–H and O–H groups in total. The summed E-state index contributed by atoms with van der Waals surface area (Å²) in [6, 6.07) is 17.6. The molecule has 0 radical (unpaired) electrons. The van der Waals surface area contributed by atoms with Crippen molar-refractivity contribution < 1.29 is 9.59 Å². The van der Waals surface area contributed by atoms with Gasteiger partial charge in [0.1, 0.15) is 0 Å². The molecule has 24 heavy (non-hydrogen) atoms. The summed E-state index contributed by atoms with van der Waals surface area (Å²) in [5.41, 5.74) is 1.99. The fraction of sp³-hybridized carbons (Fsp3) is 0.0526. The van der Waals surface area contributed by atoms with E-state index in [9.17, 15) is 9.59 Å². The zero-order valence-electron chi connectivity index (χ0n) is 12.7. The van der Waals surface area contributed by atoms with E-state index in [-0.39, 0.29) is 11.1 Å². The van der Waals surface area contributed by atoms with Crippen molar-refractivity contribution in [3.05, 3.63) is 86.4 Å². The number of allylic oxidation sites excluding steroid dienone is 2. The van der Waals surface area contributed by atoms with E-state index in [4.69, 9.17) is 0 Å². The second-order valence-corrected chi connectivity index (χ2v) is 7.43. The maximum atomic E-state index is 12.4. The molecule has 120 valence electrons. The Hall–Kier alpha value is -1.86. The molecule has 1 heterocycles. The van der Waals surface area contributed by atoms with E-state index in [1.54, 1.807) is 12.2 Å². The molecule has 1 saturated heterocycles. The lowest BCUT2D eigenvalue weighted by molar-refractivity contribution is -0.123. The average Bonchev–Trinajstić information content (AvgIpc) is 2.85. The monoisotopic (exact) mass is 447 g/mol. The van der Waals surface area contributed by atoms with Crippen LogP contribution in [0.3, 0.4) is 0 Å². The van der Waals surface area contributed by atoms with Gasteiger partial charge in [-0.1, -0.05) is 54.6 Å². The number of benzene rings is 2. The van der Waals surface area contributed by atoms with E-state index >= 15 is 0 Å². The molecule has 1 aliphatic rings. The summed E-state index contributed by atoms with van der Waals surface area (Å²) in [5.74, 6) is -0.235. The number of hydrogen-bond acceptors (Lipinski definition) is 3. The van der Waals surface area contributed by atoms with Crippen LogP contribution in [-0.4, -0.2) is 16.0 Å². The molecule has 0 spiro atoms. The molecular formula is C19H14INO2S. The Morgan fingerprint density at radius 2 is 1.71 bits per heavy atom. The number of carbonyl (C=O) groups is 2. The Morgan fingerprint density at radius 1 is 1.00 bits per heavy atom. The minimum Gasteiger partial charge on any atom is -0.268 e. The molecule has 2 aromatic rings. The molecule has 0 bridgehead atoms. The van der Waals surface area contributed by atoms with Crippen molar-refractivity contribution in [2.45, 2.75) is 6.54 Å². The number of imide groups is 1. The van der Waals surface area contributed by atoms with Gasteiger partial charge < -0.3 is 0 Å². The van der Waals surface area contributed by atoms with Gasteiger partial charge in [0, 0.05) is 3.57 Å². The van der Waals surface area contributed by atoms with Gasteiger partial charge in [0.2, 0.25) is 0 Å². The topological polar surface area (TPSA) is 37.4 Å². The quantitative estimate of drug-likeness (QED) is 0.485. The van der Waals surface area contributed by atoms with Crippen LogP contribution >= 0.6 is 34.4 Å². The summed E-state index contributed by atoms with van der Waals surface area (Å²) in [7, 11) is 0. The summed E-state index contributed by atoms with van der Waals surface area (Å²) >= 11 is 3.21. The lowest BCUT2D eigenvalue weighted by Crippen LogP contribution is -2.27. The van der Waals surface area contributed by atoms with E-state index in [2.05, 4.69) is 22.6 Å². The average molecular weight is 447 g/mol. The lowest BCUT2D eigenvalue weighted by Gasteiger charge is -2.12. The SMILES string of the molecule is O=C1S/C(=C\C=C\c2ccccc2)C(=O)N1Cc1ccc(I)cc1. The molecule has 2 aromatic carbocycles. The minimum absolute atomic E-state index is 0.224.